The Balaban J connectivity index is 1.46. The molecule has 0 bridgehead atoms. The first-order chi connectivity index (χ1) is 18.0. The minimum atomic E-state index is -0.518. The fourth-order valence-corrected chi connectivity index (χ4v) is 4.81. The van der Waals surface area contributed by atoms with E-state index in [2.05, 4.69) is 25.0 Å². The fourth-order valence-electron chi connectivity index (χ4n) is 4.81. The van der Waals surface area contributed by atoms with Gasteiger partial charge in [-0.15, -0.1) is 0 Å². The van der Waals surface area contributed by atoms with Gasteiger partial charge in [0.2, 0.25) is 11.9 Å². The first kappa shape index (κ1) is 22.7. The van der Waals surface area contributed by atoms with E-state index in [9.17, 15) is 14.4 Å². The van der Waals surface area contributed by atoms with E-state index in [1.165, 1.54) is 6.20 Å². The number of hydrogen-bond donors (Lipinski definition) is 2. The van der Waals surface area contributed by atoms with E-state index in [1.54, 1.807) is 52.2 Å². The summed E-state index contributed by atoms with van der Waals surface area (Å²) in [6.07, 6.45) is 9.37. The van der Waals surface area contributed by atoms with E-state index in [-0.39, 0.29) is 23.9 Å². The van der Waals surface area contributed by atoms with Crippen LogP contribution in [0, 0.1) is 0 Å². The summed E-state index contributed by atoms with van der Waals surface area (Å²) in [5, 5.41) is 4.41. The third-order valence-electron chi connectivity index (χ3n) is 6.56. The molecule has 6 rings (SSSR count). The van der Waals surface area contributed by atoms with Gasteiger partial charge in [0.25, 0.3) is 5.56 Å². The molecule has 1 amide bonds. The molecule has 0 saturated carbocycles. The molecule has 3 N–H and O–H groups in total. The highest BCUT2D eigenvalue weighted by atomic mass is 16.2. The largest absolute Gasteiger partial charge is 0.369 e. The number of pyridine rings is 2. The van der Waals surface area contributed by atoms with Crippen LogP contribution in [-0.2, 0) is 4.79 Å². The molecule has 1 fully saturated rings. The second-order valence-corrected chi connectivity index (χ2v) is 8.91. The molecule has 5 aromatic rings. The molecule has 1 aliphatic rings. The lowest BCUT2D eigenvalue weighted by atomic mass is 10.0. The third-order valence-corrected chi connectivity index (χ3v) is 6.56. The van der Waals surface area contributed by atoms with Crippen LogP contribution in [-0.4, -0.2) is 69.7 Å². The van der Waals surface area contributed by atoms with Crippen molar-refractivity contribution >= 4 is 27.8 Å². The summed E-state index contributed by atoms with van der Waals surface area (Å²) in [5.41, 5.74) is 6.97. The lowest BCUT2D eigenvalue weighted by Gasteiger charge is -2.32. The van der Waals surface area contributed by atoms with Crippen molar-refractivity contribution < 1.29 is 4.79 Å². The number of aromatic amines is 1. The lowest BCUT2D eigenvalue weighted by Crippen LogP contribution is -2.42. The van der Waals surface area contributed by atoms with Crippen LogP contribution >= 0.6 is 0 Å². The molecule has 0 radical (unpaired) electrons. The topological polar surface area (TPSA) is 171 Å². The van der Waals surface area contributed by atoms with Crippen LogP contribution < -0.4 is 17.0 Å². The van der Waals surface area contributed by atoms with Crippen molar-refractivity contribution in [3.05, 3.63) is 70.0 Å². The predicted molar refractivity (Wildman–Crippen MR) is 134 cm³/mol. The van der Waals surface area contributed by atoms with Crippen LogP contribution in [0.4, 0.5) is 0 Å². The maximum Gasteiger partial charge on any atom is 0.329 e. The van der Waals surface area contributed by atoms with Crippen molar-refractivity contribution in [1.29, 1.82) is 0 Å². The molecule has 0 aromatic carbocycles. The number of nitrogens with zero attached hydrogens (tertiary/aromatic N) is 8. The number of carbonyl (C=O) groups is 1. The van der Waals surface area contributed by atoms with Crippen LogP contribution in [0.1, 0.15) is 18.9 Å². The smallest absolute Gasteiger partial charge is 0.329 e. The van der Waals surface area contributed by atoms with E-state index in [0.717, 1.165) is 0 Å². The summed E-state index contributed by atoms with van der Waals surface area (Å²) in [7, 11) is 0. The number of carbonyl (C=O) groups excluding carboxylic acids is 1. The minimum Gasteiger partial charge on any atom is -0.369 e. The van der Waals surface area contributed by atoms with Crippen LogP contribution in [0.5, 0.6) is 0 Å². The van der Waals surface area contributed by atoms with E-state index in [0.29, 0.717) is 59.7 Å². The van der Waals surface area contributed by atoms with Gasteiger partial charge in [-0.2, -0.15) is 5.10 Å². The molecule has 5 aromatic heterocycles. The van der Waals surface area contributed by atoms with Gasteiger partial charge in [0.1, 0.15) is 5.52 Å². The number of piperidine rings is 1. The Kier molecular flexibility index (Phi) is 5.53. The second kappa shape index (κ2) is 9.02. The van der Waals surface area contributed by atoms with Gasteiger partial charge in [0.15, 0.2) is 0 Å². The maximum atomic E-state index is 13.1. The van der Waals surface area contributed by atoms with Crippen LogP contribution in [0.25, 0.3) is 39.1 Å². The number of nitrogens with two attached hydrogens (primary N) is 1. The summed E-state index contributed by atoms with van der Waals surface area (Å²) in [6.45, 7) is 1.37. The Morgan fingerprint density at radius 2 is 1.86 bits per heavy atom. The Labute approximate surface area is 208 Å². The first-order valence-corrected chi connectivity index (χ1v) is 11.8. The zero-order chi connectivity index (χ0) is 25.5. The molecule has 186 valence electrons. The molecule has 37 heavy (non-hydrogen) atoms. The highest BCUT2D eigenvalue weighted by Gasteiger charge is 2.25. The van der Waals surface area contributed by atoms with Crippen molar-refractivity contribution in [3.8, 4) is 17.2 Å². The standard InChI is InChI=1S/C24H22N10O3/c25-19(35)13-32-8-4-15(5-9-32)34-21-16(22(36)31-24(34)37)12-26-18-3-2-17(30-20(18)21)14-10-27-23(28-11-14)33-7-1-6-29-33/h1-3,6-7,10-12,15H,4-5,8-9,13H2,(H2,25,35)(H,31,36,37). The number of fused-ring (bicyclic) bond motifs is 3. The van der Waals surface area contributed by atoms with Gasteiger partial charge in [-0.05, 0) is 31.0 Å². The summed E-state index contributed by atoms with van der Waals surface area (Å²) in [6, 6.07) is 5.18. The van der Waals surface area contributed by atoms with E-state index in [4.69, 9.17) is 10.7 Å². The number of primary amides is 1. The lowest BCUT2D eigenvalue weighted by molar-refractivity contribution is -0.119. The number of amides is 1. The van der Waals surface area contributed by atoms with E-state index in [1.807, 2.05) is 4.90 Å². The average molecular weight is 499 g/mol. The first-order valence-electron chi connectivity index (χ1n) is 11.8. The van der Waals surface area contributed by atoms with E-state index < -0.39 is 11.2 Å². The molecular weight excluding hydrogens is 476 g/mol. The van der Waals surface area contributed by atoms with Crippen molar-refractivity contribution in [3.63, 3.8) is 0 Å². The molecule has 13 heteroatoms. The maximum absolute atomic E-state index is 13.1. The molecule has 6 heterocycles. The summed E-state index contributed by atoms with van der Waals surface area (Å²) in [5.74, 6) is 0.0326. The number of nitrogens with one attached hydrogen (secondary N) is 1. The summed E-state index contributed by atoms with van der Waals surface area (Å²) < 4.78 is 3.16. The average Bonchev–Trinajstić information content (AvgIpc) is 3.44. The van der Waals surface area contributed by atoms with Gasteiger partial charge in [-0.1, -0.05) is 0 Å². The van der Waals surface area contributed by atoms with Gasteiger partial charge in [0, 0.05) is 55.7 Å². The van der Waals surface area contributed by atoms with Crippen LogP contribution in [0.3, 0.4) is 0 Å². The molecule has 13 nitrogen and oxygen atoms in total. The van der Waals surface area contributed by atoms with Crippen LogP contribution in [0.2, 0.25) is 0 Å². The highest BCUT2D eigenvalue weighted by molar-refractivity contribution is 6.01. The molecule has 0 aliphatic carbocycles. The van der Waals surface area contributed by atoms with Gasteiger partial charge in [-0.25, -0.2) is 24.4 Å². The molecule has 0 atom stereocenters. The van der Waals surface area contributed by atoms with Gasteiger partial charge >= 0.3 is 5.69 Å². The van der Waals surface area contributed by atoms with Crippen molar-refractivity contribution in [2.75, 3.05) is 19.6 Å². The Hall–Kier alpha value is -4.78. The second-order valence-electron chi connectivity index (χ2n) is 8.91. The number of rotatable bonds is 5. The summed E-state index contributed by atoms with van der Waals surface area (Å²) >= 11 is 0. The van der Waals surface area contributed by atoms with Crippen molar-refractivity contribution in [1.82, 2.24) is 44.2 Å². The third kappa shape index (κ3) is 4.14. The van der Waals surface area contributed by atoms with Gasteiger partial charge in [-0.3, -0.25) is 29.0 Å². The fraction of sp³-hybridized carbons (Fsp3) is 0.250. The summed E-state index contributed by atoms with van der Waals surface area (Å²) in [4.78, 5) is 59.5. The number of aromatic nitrogens is 8. The monoisotopic (exact) mass is 498 g/mol. The van der Waals surface area contributed by atoms with Crippen molar-refractivity contribution in [2.45, 2.75) is 18.9 Å². The Morgan fingerprint density at radius 3 is 2.57 bits per heavy atom. The van der Waals surface area contributed by atoms with Gasteiger partial charge < -0.3 is 5.73 Å². The molecule has 1 aliphatic heterocycles. The molecule has 0 unspecified atom stereocenters. The van der Waals surface area contributed by atoms with Gasteiger partial charge in [0.05, 0.1) is 28.7 Å². The normalized spacial score (nSPS) is 14.9. The minimum absolute atomic E-state index is 0.174. The quantitative estimate of drug-likeness (QED) is 0.325. The Morgan fingerprint density at radius 1 is 1.08 bits per heavy atom. The predicted octanol–water partition coefficient (Wildman–Crippen LogP) is 0.398. The van der Waals surface area contributed by atoms with Crippen LogP contribution in [0.15, 0.2) is 58.8 Å². The van der Waals surface area contributed by atoms with Crippen molar-refractivity contribution in [2.24, 2.45) is 5.73 Å². The number of likely N-dealkylation sites (tertiary alicyclic amines) is 1. The zero-order valence-corrected chi connectivity index (χ0v) is 19.6. The molecule has 0 spiro atoms. The molecule has 1 saturated heterocycles. The number of hydrogen-bond acceptors (Lipinski definition) is 9. The Bertz CT molecular complexity index is 1730. The zero-order valence-electron chi connectivity index (χ0n) is 19.6. The molecular formula is C24H22N10O3. The SMILES string of the molecule is NC(=O)CN1CCC(n2c(=O)[nH]c(=O)c3cnc4ccc(-c5cnc(-n6cccn6)nc5)nc4c32)CC1. The van der Waals surface area contributed by atoms with E-state index >= 15 is 0 Å². The number of H-pyrrole nitrogens is 1. The highest BCUT2D eigenvalue weighted by Crippen LogP contribution is 2.28.